The molecule has 118 valence electrons. The first-order valence-electron chi connectivity index (χ1n) is 7.72. The van der Waals surface area contributed by atoms with Crippen molar-refractivity contribution in [1.29, 1.82) is 0 Å². The molecule has 1 fully saturated rings. The summed E-state index contributed by atoms with van der Waals surface area (Å²) in [5.41, 5.74) is 2.02. The number of thioether (sulfide) groups is 1. The van der Waals surface area contributed by atoms with E-state index in [2.05, 4.69) is 11.6 Å². The largest absolute Gasteiger partial charge is 0.496 e. The van der Waals surface area contributed by atoms with Crippen LogP contribution in [0.3, 0.4) is 0 Å². The smallest absolute Gasteiger partial charge is 0.124 e. The number of aryl methyl sites for hydroxylation is 1. The number of ether oxygens (including phenoxy) is 1. The van der Waals surface area contributed by atoms with Crippen LogP contribution in [0.2, 0.25) is 0 Å². The Morgan fingerprint density at radius 1 is 1.33 bits per heavy atom. The van der Waals surface area contributed by atoms with Gasteiger partial charge in [-0.05, 0) is 51.0 Å². The molecule has 0 amide bonds. The highest BCUT2D eigenvalue weighted by molar-refractivity contribution is 7.99. The molecule has 0 heterocycles. The number of hydrogen-bond acceptors (Lipinski definition) is 4. The first kappa shape index (κ1) is 16.7. The lowest BCUT2D eigenvalue weighted by molar-refractivity contribution is 0.162. The molecule has 1 aliphatic rings. The monoisotopic (exact) mass is 309 g/mol. The molecule has 1 unspecified atom stereocenters. The molecular weight excluding hydrogens is 282 g/mol. The summed E-state index contributed by atoms with van der Waals surface area (Å²) in [6, 6.07) is 6.48. The Balaban J connectivity index is 1.87. The molecule has 0 aromatic heterocycles. The number of rotatable bonds is 6. The number of benzene rings is 1. The van der Waals surface area contributed by atoms with Gasteiger partial charge in [0, 0.05) is 23.4 Å². The third-order valence-electron chi connectivity index (χ3n) is 4.35. The second-order valence-corrected chi connectivity index (χ2v) is 7.02. The average molecular weight is 309 g/mol. The SMILES string of the molecule is COc1ccc(C)cc1C(O)CNC1CCC(SC)CC1. The minimum Gasteiger partial charge on any atom is -0.496 e. The number of methoxy groups -OCH3 is 1. The van der Waals surface area contributed by atoms with Crippen molar-refractivity contribution in [3.63, 3.8) is 0 Å². The topological polar surface area (TPSA) is 41.5 Å². The van der Waals surface area contributed by atoms with Crippen LogP contribution in [0.4, 0.5) is 0 Å². The molecule has 0 radical (unpaired) electrons. The molecule has 3 nitrogen and oxygen atoms in total. The van der Waals surface area contributed by atoms with Crippen molar-refractivity contribution in [2.75, 3.05) is 19.9 Å². The molecule has 21 heavy (non-hydrogen) atoms. The van der Waals surface area contributed by atoms with E-state index in [9.17, 15) is 5.11 Å². The van der Waals surface area contributed by atoms with Crippen molar-refractivity contribution in [1.82, 2.24) is 5.32 Å². The summed E-state index contributed by atoms with van der Waals surface area (Å²) >= 11 is 1.98. The van der Waals surface area contributed by atoms with E-state index in [0.29, 0.717) is 12.6 Å². The van der Waals surface area contributed by atoms with E-state index in [0.717, 1.165) is 22.1 Å². The first-order valence-corrected chi connectivity index (χ1v) is 9.01. The lowest BCUT2D eigenvalue weighted by Crippen LogP contribution is -2.36. The number of aliphatic hydroxyl groups is 1. The predicted molar refractivity (Wildman–Crippen MR) is 90.3 cm³/mol. The molecule has 1 saturated carbocycles. The summed E-state index contributed by atoms with van der Waals surface area (Å²) in [6.45, 7) is 2.63. The van der Waals surface area contributed by atoms with Gasteiger partial charge >= 0.3 is 0 Å². The van der Waals surface area contributed by atoms with E-state index in [-0.39, 0.29) is 0 Å². The number of hydrogen-bond donors (Lipinski definition) is 2. The zero-order valence-electron chi connectivity index (χ0n) is 13.3. The maximum atomic E-state index is 10.4. The minimum absolute atomic E-state index is 0.516. The van der Waals surface area contributed by atoms with Crippen molar-refractivity contribution in [3.05, 3.63) is 29.3 Å². The fraction of sp³-hybridized carbons (Fsp3) is 0.647. The zero-order valence-corrected chi connectivity index (χ0v) is 14.1. The Bertz CT molecular complexity index is 444. The van der Waals surface area contributed by atoms with E-state index in [1.807, 2.05) is 36.9 Å². The van der Waals surface area contributed by atoms with Crippen LogP contribution in [-0.2, 0) is 0 Å². The second kappa shape index (κ2) is 8.06. The highest BCUT2D eigenvalue weighted by Crippen LogP contribution is 2.28. The van der Waals surface area contributed by atoms with Gasteiger partial charge in [-0.3, -0.25) is 0 Å². The summed E-state index contributed by atoms with van der Waals surface area (Å²) in [4.78, 5) is 0. The Morgan fingerprint density at radius 3 is 2.67 bits per heavy atom. The van der Waals surface area contributed by atoms with Gasteiger partial charge in [-0.2, -0.15) is 11.8 Å². The van der Waals surface area contributed by atoms with Crippen LogP contribution in [-0.4, -0.2) is 36.3 Å². The van der Waals surface area contributed by atoms with Crippen molar-refractivity contribution in [2.45, 2.75) is 50.0 Å². The summed E-state index contributed by atoms with van der Waals surface area (Å²) < 4.78 is 5.35. The summed E-state index contributed by atoms with van der Waals surface area (Å²) in [6.07, 6.45) is 6.67. The Hall–Kier alpha value is -0.710. The van der Waals surface area contributed by atoms with Crippen molar-refractivity contribution in [3.8, 4) is 5.75 Å². The third kappa shape index (κ3) is 4.63. The van der Waals surface area contributed by atoms with E-state index in [1.165, 1.54) is 25.7 Å². The van der Waals surface area contributed by atoms with Gasteiger partial charge in [-0.1, -0.05) is 11.6 Å². The molecule has 1 aromatic carbocycles. The molecule has 1 atom stereocenters. The van der Waals surface area contributed by atoms with E-state index in [4.69, 9.17) is 4.74 Å². The molecule has 1 aromatic rings. The summed E-state index contributed by atoms with van der Waals surface area (Å²) in [5.74, 6) is 0.765. The van der Waals surface area contributed by atoms with Gasteiger partial charge in [0.15, 0.2) is 0 Å². The molecule has 0 aliphatic heterocycles. The van der Waals surface area contributed by atoms with Gasteiger partial charge < -0.3 is 15.2 Å². The fourth-order valence-corrected chi connectivity index (χ4v) is 3.75. The van der Waals surface area contributed by atoms with Gasteiger partial charge in [0.1, 0.15) is 5.75 Å². The van der Waals surface area contributed by atoms with Gasteiger partial charge in [0.05, 0.1) is 13.2 Å². The van der Waals surface area contributed by atoms with Crippen LogP contribution < -0.4 is 10.1 Å². The molecule has 0 bridgehead atoms. The van der Waals surface area contributed by atoms with Crippen molar-refractivity contribution < 1.29 is 9.84 Å². The van der Waals surface area contributed by atoms with Gasteiger partial charge in [-0.15, -0.1) is 0 Å². The second-order valence-electron chi connectivity index (χ2n) is 5.88. The van der Waals surface area contributed by atoms with Gasteiger partial charge in [0.25, 0.3) is 0 Å². The van der Waals surface area contributed by atoms with E-state index >= 15 is 0 Å². The van der Waals surface area contributed by atoms with Gasteiger partial charge in [-0.25, -0.2) is 0 Å². The molecule has 2 rings (SSSR count). The number of aliphatic hydroxyl groups excluding tert-OH is 1. The zero-order chi connectivity index (χ0) is 15.2. The highest BCUT2D eigenvalue weighted by Gasteiger charge is 2.21. The molecular formula is C17H27NO2S. The van der Waals surface area contributed by atoms with Gasteiger partial charge in [0.2, 0.25) is 0 Å². The third-order valence-corrected chi connectivity index (χ3v) is 5.49. The van der Waals surface area contributed by atoms with Crippen LogP contribution in [0, 0.1) is 6.92 Å². The van der Waals surface area contributed by atoms with Crippen LogP contribution in [0.5, 0.6) is 5.75 Å². The van der Waals surface area contributed by atoms with Crippen molar-refractivity contribution in [2.24, 2.45) is 0 Å². The number of nitrogens with one attached hydrogen (secondary N) is 1. The highest BCUT2D eigenvalue weighted by atomic mass is 32.2. The normalized spacial score (nSPS) is 23.8. The fourth-order valence-electron chi connectivity index (χ4n) is 3.01. The first-order chi connectivity index (χ1) is 10.1. The summed E-state index contributed by atoms with van der Waals surface area (Å²) in [7, 11) is 1.65. The van der Waals surface area contributed by atoms with Crippen LogP contribution >= 0.6 is 11.8 Å². The van der Waals surface area contributed by atoms with Crippen LogP contribution in [0.1, 0.15) is 42.9 Å². The van der Waals surface area contributed by atoms with Crippen molar-refractivity contribution >= 4 is 11.8 Å². The van der Waals surface area contributed by atoms with E-state index in [1.54, 1.807) is 7.11 Å². The Kier molecular flexibility index (Phi) is 6.40. The lowest BCUT2D eigenvalue weighted by Gasteiger charge is -2.29. The minimum atomic E-state index is -0.516. The Morgan fingerprint density at radius 2 is 2.05 bits per heavy atom. The molecule has 2 N–H and O–H groups in total. The van der Waals surface area contributed by atoms with Crippen LogP contribution in [0.15, 0.2) is 18.2 Å². The molecule has 0 saturated heterocycles. The lowest BCUT2D eigenvalue weighted by atomic mass is 9.94. The predicted octanol–water partition coefficient (Wildman–Crippen LogP) is 3.30. The maximum absolute atomic E-state index is 10.4. The molecule has 0 spiro atoms. The maximum Gasteiger partial charge on any atom is 0.124 e. The quantitative estimate of drug-likeness (QED) is 0.846. The average Bonchev–Trinajstić information content (AvgIpc) is 2.53. The van der Waals surface area contributed by atoms with Crippen LogP contribution in [0.25, 0.3) is 0 Å². The standard InChI is InChI=1S/C17H27NO2S/c1-12-4-9-17(20-2)15(10-12)16(19)11-18-13-5-7-14(21-3)8-6-13/h4,9-10,13-14,16,18-19H,5-8,11H2,1-3H3. The molecule has 1 aliphatic carbocycles. The molecule has 4 heteroatoms. The van der Waals surface area contributed by atoms with E-state index < -0.39 is 6.10 Å². The summed E-state index contributed by atoms with van der Waals surface area (Å²) in [5, 5.41) is 14.8. The Labute approximate surface area is 132 Å².